The molecule has 0 spiro atoms. The van der Waals surface area contributed by atoms with Crippen molar-refractivity contribution in [2.75, 3.05) is 0 Å². The molecule has 0 aliphatic rings. The molecule has 118 valence electrons. The van der Waals surface area contributed by atoms with Crippen molar-refractivity contribution in [2.45, 2.75) is 40.5 Å². The first kappa shape index (κ1) is 15.6. The number of aryl methyl sites for hydroxylation is 3. The number of aromatic nitrogens is 3. The van der Waals surface area contributed by atoms with Crippen molar-refractivity contribution >= 4 is 11.0 Å². The topological polar surface area (TPSA) is 29.7 Å². The van der Waals surface area contributed by atoms with E-state index in [-0.39, 0.29) is 0 Å². The van der Waals surface area contributed by atoms with Crippen LogP contribution in [-0.4, -0.2) is 9.97 Å². The summed E-state index contributed by atoms with van der Waals surface area (Å²) >= 11 is 0. The van der Waals surface area contributed by atoms with E-state index in [1.165, 1.54) is 27.8 Å². The molecule has 0 saturated heterocycles. The van der Waals surface area contributed by atoms with E-state index in [1.54, 1.807) is 0 Å². The minimum atomic E-state index is 0.453. The summed E-state index contributed by atoms with van der Waals surface area (Å²) in [6, 6.07) is 6.60. The summed E-state index contributed by atoms with van der Waals surface area (Å²) in [5.74, 6) is 1.44. The third-order valence-corrected chi connectivity index (χ3v) is 4.51. The molecule has 3 aromatic rings. The molecule has 0 saturated carbocycles. The minimum Gasteiger partial charge on any atom is -0.248 e. The largest absolute Gasteiger partial charge is 0.331 e. The van der Waals surface area contributed by atoms with Crippen LogP contribution in [0.3, 0.4) is 0 Å². The molecule has 2 heterocycles. The Hall–Kier alpha value is -2.29. The van der Waals surface area contributed by atoms with Gasteiger partial charge in [0.25, 0.3) is 0 Å². The Morgan fingerprint density at radius 2 is 1.74 bits per heavy atom. The van der Waals surface area contributed by atoms with Gasteiger partial charge in [-0.25, -0.2) is 9.55 Å². The standard InChI is InChI=1S/C20H24N3/c1-12(2)16-9-18-19(21-10-16)11-23(6)20(22-18)17-8-13(3)7-14(4)15(17)5/h7-12H,1-6H3/q+1. The fourth-order valence-corrected chi connectivity index (χ4v) is 2.94. The van der Waals surface area contributed by atoms with Crippen LogP contribution < -0.4 is 4.57 Å². The lowest BCUT2D eigenvalue weighted by Gasteiger charge is -2.09. The lowest BCUT2D eigenvalue weighted by Crippen LogP contribution is -2.32. The maximum absolute atomic E-state index is 4.93. The highest BCUT2D eigenvalue weighted by atomic mass is 15.0. The maximum atomic E-state index is 4.93. The fourth-order valence-electron chi connectivity index (χ4n) is 2.94. The van der Waals surface area contributed by atoms with E-state index in [0.717, 1.165) is 16.9 Å². The highest BCUT2D eigenvalue weighted by Crippen LogP contribution is 2.25. The lowest BCUT2D eigenvalue weighted by atomic mass is 9.99. The Balaban J connectivity index is 2.27. The Morgan fingerprint density at radius 3 is 2.43 bits per heavy atom. The first-order valence-electron chi connectivity index (χ1n) is 8.11. The monoisotopic (exact) mass is 306 g/mol. The number of pyridine rings is 1. The zero-order valence-electron chi connectivity index (χ0n) is 14.8. The predicted molar refractivity (Wildman–Crippen MR) is 94.5 cm³/mol. The summed E-state index contributed by atoms with van der Waals surface area (Å²) in [6.07, 6.45) is 4.02. The first-order valence-corrected chi connectivity index (χ1v) is 8.11. The molecule has 0 bridgehead atoms. The van der Waals surface area contributed by atoms with E-state index in [9.17, 15) is 0 Å². The Bertz CT molecular complexity index is 895. The van der Waals surface area contributed by atoms with Crippen LogP contribution in [-0.2, 0) is 7.05 Å². The van der Waals surface area contributed by atoms with Crippen LogP contribution in [0.4, 0.5) is 0 Å². The second-order valence-electron chi connectivity index (χ2n) is 6.76. The molecular weight excluding hydrogens is 282 g/mol. The molecule has 0 aliphatic heterocycles. The van der Waals surface area contributed by atoms with Gasteiger partial charge in [0, 0.05) is 6.20 Å². The molecule has 0 fully saturated rings. The second kappa shape index (κ2) is 5.73. The van der Waals surface area contributed by atoms with Gasteiger partial charge >= 0.3 is 5.82 Å². The van der Waals surface area contributed by atoms with Gasteiger partial charge in [-0.2, -0.15) is 0 Å². The quantitative estimate of drug-likeness (QED) is 0.665. The van der Waals surface area contributed by atoms with Crippen LogP contribution in [0.5, 0.6) is 0 Å². The van der Waals surface area contributed by atoms with Gasteiger partial charge in [-0.3, -0.25) is 0 Å². The van der Waals surface area contributed by atoms with Gasteiger partial charge in [-0.1, -0.05) is 19.9 Å². The summed E-state index contributed by atoms with van der Waals surface area (Å²) in [7, 11) is 2.04. The van der Waals surface area contributed by atoms with Crippen LogP contribution in [0.2, 0.25) is 0 Å². The van der Waals surface area contributed by atoms with Gasteiger partial charge in [0.05, 0.1) is 12.6 Å². The van der Waals surface area contributed by atoms with E-state index in [2.05, 4.69) is 68.6 Å². The molecule has 1 aromatic carbocycles. The highest BCUT2D eigenvalue weighted by Gasteiger charge is 2.19. The molecule has 0 unspecified atom stereocenters. The van der Waals surface area contributed by atoms with Gasteiger partial charge in [0.15, 0.2) is 5.52 Å². The molecule has 2 aromatic heterocycles. The van der Waals surface area contributed by atoms with Crippen LogP contribution in [0.15, 0.2) is 30.6 Å². The van der Waals surface area contributed by atoms with Crippen molar-refractivity contribution in [3.05, 3.63) is 52.8 Å². The summed E-state index contributed by atoms with van der Waals surface area (Å²) in [4.78, 5) is 9.50. The van der Waals surface area contributed by atoms with E-state index >= 15 is 0 Å². The van der Waals surface area contributed by atoms with Crippen molar-refractivity contribution in [1.82, 2.24) is 9.97 Å². The normalized spacial score (nSPS) is 11.4. The molecule has 0 N–H and O–H groups in total. The summed E-state index contributed by atoms with van der Waals surface area (Å²) < 4.78 is 2.07. The molecule has 23 heavy (non-hydrogen) atoms. The summed E-state index contributed by atoms with van der Waals surface area (Å²) in [5, 5.41) is 0. The third-order valence-electron chi connectivity index (χ3n) is 4.51. The van der Waals surface area contributed by atoms with Crippen LogP contribution in [0.25, 0.3) is 22.4 Å². The minimum absolute atomic E-state index is 0.453. The maximum Gasteiger partial charge on any atom is 0.331 e. The Morgan fingerprint density at radius 1 is 1.00 bits per heavy atom. The number of nitrogens with zero attached hydrogens (tertiary/aromatic N) is 3. The van der Waals surface area contributed by atoms with Crippen molar-refractivity contribution in [3.8, 4) is 11.4 Å². The van der Waals surface area contributed by atoms with Gasteiger partial charge in [-0.05, 0) is 66.1 Å². The zero-order chi connectivity index (χ0) is 16.7. The molecule has 0 atom stereocenters. The van der Waals surface area contributed by atoms with Crippen molar-refractivity contribution in [3.63, 3.8) is 0 Å². The van der Waals surface area contributed by atoms with Gasteiger partial charge in [-0.15, -0.1) is 0 Å². The summed E-state index contributed by atoms with van der Waals surface area (Å²) in [6.45, 7) is 10.8. The van der Waals surface area contributed by atoms with Crippen molar-refractivity contribution in [2.24, 2.45) is 7.05 Å². The predicted octanol–water partition coefficient (Wildman–Crippen LogP) is 4.17. The zero-order valence-corrected chi connectivity index (χ0v) is 14.8. The molecule has 3 rings (SSSR count). The number of fused-ring (bicyclic) bond motifs is 1. The highest BCUT2D eigenvalue weighted by molar-refractivity contribution is 5.75. The number of rotatable bonds is 2. The third kappa shape index (κ3) is 2.83. The van der Waals surface area contributed by atoms with E-state index in [0.29, 0.717) is 5.92 Å². The van der Waals surface area contributed by atoms with E-state index in [4.69, 9.17) is 4.98 Å². The lowest BCUT2D eigenvalue weighted by molar-refractivity contribution is -0.661. The van der Waals surface area contributed by atoms with Gasteiger partial charge in [0.2, 0.25) is 5.52 Å². The van der Waals surface area contributed by atoms with Crippen molar-refractivity contribution in [1.29, 1.82) is 0 Å². The number of hydrogen-bond acceptors (Lipinski definition) is 2. The number of benzene rings is 1. The van der Waals surface area contributed by atoms with E-state index in [1.807, 2.05) is 13.2 Å². The molecule has 0 aliphatic carbocycles. The smallest absolute Gasteiger partial charge is 0.248 e. The Kier molecular flexibility index (Phi) is 3.88. The van der Waals surface area contributed by atoms with Gasteiger partial charge < -0.3 is 0 Å². The molecule has 3 nitrogen and oxygen atoms in total. The average molecular weight is 306 g/mol. The first-order chi connectivity index (χ1) is 10.9. The Labute approximate surface area is 138 Å². The average Bonchev–Trinajstić information content (AvgIpc) is 2.49. The SMILES string of the molecule is Cc1cc(C)c(C)c(-c2nc3cc(C(C)C)cnc3c[n+]2C)c1. The number of hydrogen-bond donors (Lipinski definition) is 0. The molecular formula is C20H24N3+. The molecule has 0 radical (unpaired) electrons. The molecule has 3 heteroatoms. The van der Waals surface area contributed by atoms with Gasteiger partial charge in [0.1, 0.15) is 6.20 Å². The fraction of sp³-hybridized carbons (Fsp3) is 0.350. The molecule has 0 amide bonds. The van der Waals surface area contributed by atoms with Crippen LogP contribution in [0.1, 0.15) is 42.0 Å². The second-order valence-corrected chi connectivity index (χ2v) is 6.76. The van der Waals surface area contributed by atoms with Crippen molar-refractivity contribution < 1.29 is 4.57 Å². The van der Waals surface area contributed by atoms with Crippen LogP contribution >= 0.6 is 0 Å². The van der Waals surface area contributed by atoms with Crippen LogP contribution in [0, 0.1) is 20.8 Å². The van der Waals surface area contributed by atoms with E-state index < -0.39 is 0 Å². The summed E-state index contributed by atoms with van der Waals surface area (Å²) in [5.41, 5.74) is 8.16.